The van der Waals surface area contributed by atoms with Gasteiger partial charge in [0.1, 0.15) is 0 Å². The smallest absolute Gasteiger partial charge is 0.409 e. The molecule has 0 bridgehead atoms. The van der Waals surface area contributed by atoms with Crippen molar-refractivity contribution in [1.29, 1.82) is 0 Å². The van der Waals surface area contributed by atoms with Gasteiger partial charge in [-0.1, -0.05) is 91.0 Å². The Hall–Kier alpha value is -3.79. The monoisotopic (exact) mass is 542 g/mol. The minimum atomic E-state index is -0.416. The van der Waals surface area contributed by atoms with Gasteiger partial charge in [-0.15, -0.1) is 0 Å². The third-order valence-corrected chi connectivity index (χ3v) is 7.24. The lowest BCUT2D eigenvalue weighted by Crippen LogP contribution is -2.47. The second kappa shape index (κ2) is 13.5. The largest absolute Gasteiger partial charge is 0.449 e. The summed E-state index contributed by atoms with van der Waals surface area (Å²) < 4.78 is 12.0. The van der Waals surface area contributed by atoms with Gasteiger partial charge in [-0.2, -0.15) is 0 Å². The highest BCUT2D eigenvalue weighted by Gasteiger charge is 2.34. The molecule has 0 aromatic heterocycles. The molecule has 0 saturated carbocycles. The van der Waals surface area contributed by atoms with Crippen LogP contribution in [-0.4, -0.2) is 59.2 Å². The van der Waals surface area contributed by atoms with E-state index in [4.69, 9.17) is 19.9 Å². The Morgan fingerprint density at radius 2 is 1.62 bits per heavy atom. The highest BCUT2D eigenvalue weighted by molar-refractivity contribution is 5.83. The van der Waals surface area contributed by atoms with Crippen LogP contribution in [0.4, 0.5) is 4.79 Å². The molecule has 1 saturated heterocycles. The number of likely N-dealkylation sites (tertiary alicyclic amines) is 1. The van der Waals surface area contributed by atoms with Gasteiger partial charge in [0.15, 0.2) is 0 Å². The van der Waals surface area contributed by atoms with Crippen molar-refractivity contribution in [2.45, 2.75) is 31.5 Å². The van der Waals surface area contributed by atoms with Gasteiger partial charge in [-0.25, -0.2) is 4.79 Å². The van der Waals surface area contributed by atoms with Crippen LogP contribution >= 0.6 is 0 Å². The van der Waals surface area contributed by atoms with E-state index in [1.807, 2.05) is 30.3 Å². The molecule has 4 aromatic rings. The number of piperidine rings is 1. The highest BCUT2D eigenvalue weighted by Crippen LogP contribution is 2.34. The molecule has 1 amide bonds. The lowest BCUT2D eigenvalue weighted by molar-refractivity contribution is -0.492. The molecule has 8 nitrogen and oxygen atoms in total. The van der Waals surface area contributed by atoms with Crippen LogP contribution in [0.3, 0.4) is 0 Å². The Balaban J connectivity index is 1.30. The molecule has 1 heterocycles. The zero-order valence-corrected chi connectivity index (χ0v) is 22.3. The van der Waals surface area contributed by atoms with E-state index in [1.165, 1.54) is 16.3 Å². The third-order valence-electron chi connectivity index (χ3n) is 7.24. The normalized spacial score (nSPS) is 17.3. The maximum Gasteiger partial charge on any atom is 0.409 e. The van der Waals surface area contributed by atoms with Crippen LogP contribution < -0.4 is 0 Å². The zero-order valence-electron chi connectivity index (χ0n) is 22.3. The van der Waals surface area contributed by atoms with Crippen LogP contribution in [0.2, 0.25) is 0 Å². The first-order chi connectivity index (χ1) is 19.6. The van der Waals surface area contributed by atoms with Crippen molar-refractivity contribution in [3.63, 3.8) is 0 Å². The Bertz CT molecular complexity index is 1400. The summed E-state index contributed by atoms with van der Waals surface area (Å²) in [7, 11) is 0. The van der Waals surface area contributed by atoms with Crippen LogP contribution in [0.1, 0.15) is 29.9 Å². The number of carbonyl (C=O) groups excluding carboxylic acids is 1. The molecule has 0 spiro atoms. The third kappa shape index (κ3) is 7.24. The molecule has 0 unspecified atom stereocenters. The molecule has 40 heavy (non-hydrogen) atoms. The Labute approximate surface area is 233 Å². The zero-order chi connectivity index (χ0) is 27.7. The predicted molar refractivity (Wildman–Crippen MR) is 151 cm³/mol. The Morgan fingerprint density at radius 3 is 2.45 bits per heavy atom. The van der Waals surface area contributed by atoms with Crippen LogP contribution in [-0.2, 0) is 20.9 Å². The van der Waals surface area contributed by atoms with E-state index in [9.17, 15) is 4.79 Å². The van der Waals surface area contributed by atoms with Gasteiger partial charge >= 0.3 is 6.09 Å². The molecule has 2 N–H and O–H groups in total. The molecular weight excluding hydrogens is 508 g/mol. The van der Waals surface area contributed by atoms with Crippen LogP contribution in [0, 0.1) is 0 Å². The molecule has 4 aromatic carbocycles. The van der Waals surface area contributed by atoms with Gasteiger partial charge in [0.25, 0.3) is 0 Å². The molecular formula is C32H34N2O6. The number of rotatable bonds is 10. The van der Waals surface area contributed by atoms with E-state index in [0.29, 0.717) is 26.1 Å². The number of ether oxygens (including phenoxy) is 2. The summed E-state index contributed by atoms with van der Waals surface area (Å²) in [5.41, 5.74) is 4.58. The number of hydrogen-bond acceptors (Lipinski definition) is 7. The van der Waals surface area contributed by atoms with Gasteiger partial charge in [0.05, 0.1) is 37.9 Å². The highest BCUT2D eigenvalue weighted by atomic mass is 17.1. The van der Waals surface area contributed by atoms with E-state index in [-0.39, 0.29) is 30.6 Å². The Morgan fingerprint density at radius 1 is 0.850 bits per heavy atom. The first-order valence-corrected chi connectivity index (χ1v) is 13.5. The number of carbonyl (C=O) groups is 1. The fourth-order valence-electron chi connectivity index (χ4n) is 5.20. The van der Waals surface area contributed by atoms with Crippen molar-refractivity contribution in [3.05, 3.63) is 108 Å². The summed E-state index contributed by atoms with van der Waals surface area (Å²) >= 11 is 0. The van der Waals surface area contributed by atoms with E-state index < -0.39 is 6.09 Å². The lowest BCUT2D eigenvalue weighted by atomic mass is 9.85. The van der Waals surface area contributed by atoms with Gasteiger partial charge in [0, 0.05) is 18.9 Å². The van der Waals surface area contributed by atoms with Crippen molar-refractivity contribution >= 4 is 16.9 Å². The van der Waals surface area contributed by atoms with Gasteiger partial charge in [0.2, 0.25) is 0 Å². The first-order valence-electron chi connectivity index (χ1n) is 13.5. The molecule has 208 valence electrons. The molecule has 1 fully saturated rings. The first kappa shape index (κ1) is 27.8. The fourth-order valence-corrected chi connectivity index (χ4v) is 5.20. The standard InChI is InChI=1S/C32H34N2O6/c35-32(38-18-7-19-40-34(36)37)33-17-16-30(29-13-6-12-28(21-29)25-8-2-1-3-9-25)31(22-33)39-23-24-14-15-26-10-4-5-11-27(26)20-24/h1-6,8-15,20-21,30-31,36-37H,7,16-19,22-23H2/t30-,31+/m1/s1. The van der Waals surface area contributed by atoms with Gasteiger partial charge in [-0.3, -0.25) is 15.3 Å². The van der Waals surface area contributed by atoms with Crippen LogP contribution in [0.25, 0.3) is 21.9 Å². The van der Waals surface area contributed by atoms with E-state index in [1.54, 1.807) is 4.90 Å². The molecule has 8 heteroatoms. The van der Waals surface area contributed by atoms with E-state index in [0.717, 1.165) is 23.1 Å². The number of fused-ring (bicyclic) bond motifs is 1. The minimum Gasteiger partial charge on any atom is -0.449 e. The number of benzene rings is 4. The second-order valence-corrected chi connectivity index (χ2v) is 9.92. The van der Waals surface area contributed by atoms with E-state index in [2.05, 4.69) is 71.6 Å². The van der Waals surface area contributed by atoms with Gasteiger partial charge in [-0.05, 0) is 45.5 Å². The molecule has 1 aliphatic rings. The minimum absolute atomic E-state index is 0.0115. The summed E-state index contributed by atoms with van der Waals surface area (Å²) in [5.74, 6) is 0.113. The molecule has 0 aliphatic carbocycles. The average molecular weight is 543 g/mol. The molecule has 5 rings (SSSR count). The summed E-state index contributed by atoms with van der Waals surface area (Å²) in [5, 5.41) is 19.2. The summed E-state index contributed by atoms with van der Waals surface area (Å²) in [4.78, 5) is 19.0. The quantitative estimate of drug-likeness (QED) is 0.176. The molecule has 2 atom stereocenters. The van der Waals surface area contributed by atoms with Crippen molar-refractivity contribution < 1.29 is 29.5 Å². The van der Waals surface area contributed by atoms with Crippen LogP contribution in [0.15, 0.2) is 97.1 Å². The van der Waals surface area contributed by atoms with Gasteiger partial charge < -0.3 is 14.4 Å². The van der Waals surface area contributed by atoms with Crippen molar-refractivity contribution in [2.24, 2.45) is 0 Å². The SMILES string of the molecule is O=C(OCCCON(O)O)N1CC[C@H](c2cccc(-c3ccccc3)c2)[C@@H](OCc2ccc3ccccc3c2)C1. The summed E-state index contributed by atoms with van der Waals surface area (Å²) in [6, 6.07) is 33.5. The molecule has 1 aliphatic heterocycles. The van der Waals surface area contributed by atoms with Crippen molar-refractivity contribution in [3.8, 4) is 11.1 Å². The predicted octanol–water partition coefficient (Wildman–Crippen LogP) is 6.42. The van der Waals surface area contributed by atoms with E-state index >= 15 is 0 Å². The van der Waals surface area contributed by atoms with Crippen molar-refractivity contribution in [1.82, 2.24) is 10.3 Å². The second-order valence-electron chi connectivity index (χ2n) is 9.92. The molecule has 0 radical (unpaired) electrons. The Kier molecular flexibility index (Phi) is 9.38. The fraction of sp³-hybridized carbons (Fsp3) is 0.281. The lowest BCUT2D eigenvalue weighted by Gasteiger charge is -2.38. The average Bonchev–Trinajstić information content (AvgIpc) is 3.00. The maximum absolute atomic E-state index is 12.8. The number of nitrogens with zero attached hydrogens (tertiary/aromatic N) is 2. The summed E-state index contributed by atoms with van der Waals surface area (Å²) in [6.07, 6.45) is 0.428. The number of hydrogen-bond donors (Lipinski definition) is 2. The number of amides is 1. The summed E-state index contributed by atoms with van der Waals surface area (Å²) in [6.45, 7) is 1.51. The topological polar surface area (TPSA) is 91.7 Å². The van der Waals surface area contributed by atoms with Crippen LogP contribution in [0.5, 0.6) is 0 Å². The van der Waals surface area contributed by atoms with Crippen molar-refractivity contribution in [2.75, 3.05) is 26.3 Å². The maximum atomic E-state index is 12.8.